The van der Waals surface area contributed by atoms with Gasteiger partial charge < -0.3 is 15.2 Å². The van der Waals surface area contributed by atoms with E-state index < -0.39 is 11.9 Å². The molecule has 4 heteroatoms. The van der Waals surface area contributed by atoms with Gasteiger partial charge in [-0.05, 0) is 12.1 Å². The van der Waals surface area contributed by atoms with Gasteiger partial charge in [0.1, 0.15) is 0 Å². The van der Waals surface area contributed by atoms with Crippen LogP contribution >= 0.6 is 0 Å². The van der Waals surface area contributed by atoms with Crippen molar-refractivity contribution in [2.24, 2.45) is 0 Å². The smallest absolute Gasteiger partial charge is 0.296 e. The SMILES string of the molecule is COCC(CO)NC(=O)C#Cc1ccccc1. The fourth-order valence-corrected chi connectivity index (χ4v) is 1.21. The maximum Gasteiger partial charge on any atom is 0.296 e. The minimum absolute atomic E-state index is 0.174. The zero-order valence-corrected chi connectivity index (χ0v) is 9.64. The number of aliphatic hydroxyl groups is 1. The summed E-state index contributed by atoms with van der Waals surface area (Å²) < 4.78 is 4.84. The third-order valence-electron chi connectivity index (χ3n) is 2.02. The second kappa shape index (κ2) is 7.44. The highest BCUT2D eigenvalue weighted by atomic mass is 16.5. The molecule has 0 bridgehead atoms. The molecular formula is C13H15NO3. The second-order valence-electron chi connectivity index (χ2n) is 3.42. The summed E-state index contributed by atoms with van der Waals surface area (Å²) in [7, 11) is 1.50. The molecule has 1 rings (SSSR count). The quantitative estimate of drug-likeness (QED) is 0.728. The van der Waals surface area contributed by atoms with Crippen molar-refractivity contribution in [2.45, 2.75) is 6.04 Å². The van der Waals surface area contributed by atoms with Gasteiger partial charge in [0, 0.05) is 18.6 Å². The van der Waals surface area contributed by atoms with Gasteiger partial charge in [-0.15, -0.1) is 0 Å². The lowest BCUT2D eigenvalue weighted by atomic mass is 10.2. The van der Waals surface area contributed by atoms with E-state index in [1.165, 1.54) is 7.11 Å². The summed E-state index contributed by atoms with van der Waals surface area (Å²) in [6.45, 7) is 0.0852. The molecule has 90 valence electrons. The summed E-state index contributed by atoms with van der Waals surface area (Å²) >= 11 is 0. The third-order valence-corrected chi connectivity index (χ3v) is 2.02. The van der Waals surface area contributed by atoms with Crippen molar-refractivity contribution >= 4 is 5.91 Å². The first kappa shape index (κ1) is 13.2. The standard InChI is InChI=1S/C13H15NO3/c1-17-10-12(9-15)14-13(16)8-7-11-5-3-2-4-6-11/h2-6,12,15H,9-10H2,1H3,(H,14,16). The molecular weight excluding hydrogens is 218 g/mol. The van der Waals surface area contributed by atoms with E-state index >= 15 is 0 Å². The highest BCUT2D eigenvalue weighted by Crippen LogP contribution is 1.94. The lowest BCUT2D eigenvalue weighted by molar-refractivity contribution is -0.117. The van der Waals surface area contributed by atoms with Gasteiger partial charge in [-0.2, -0.15) is 0 Å². The number of carbonyl (C=O) groups excluding carboxylic acids is 1. The van der Waals surface area contributed by atoms with E-state index in [2.05, 4.69) is 17.2 Å². The van der Waals surface area contributed by atoms with Crippen molar-refractivity contribution in [3.8, 4) is 11.8 Å². The van der Waals surface area contributed by atoms with Crippen molar-refractivity contribution in [3.63, 3.8) is 0 Å². The first-order valence-corrected chi connectivity index (χ1v) is 5.23. The van der Waals surface area contributed by atoms with Gasteiger partial charge in [0.25, 0.3) is 5.91 Å². The van der Waals surface area contributed by atoms with Crippen molar-refractivity contribution in [1.82, 2.24) is 5.32 Å². The van der Waals surface area contributed by atoms with Gasteiger partial charge in [-0.1, -0.05) is 24.1 Å². The van der Waals surface area contributed by atoms with Crippen LogP contribution < -0.4 is 5.32 Å². The van der Waals surface area contributed by atoms with Gasteiger partial charge in [0.05, 0.1) is 19.3 Å². The number of ether oxygens (including phenoxy) is 1. The number of rotatable bonds is 4. The predicted molar refractivity (Wildman–Crippen MR) is 64.2 cm³/mol. The van der Waals surface area contributed by atoms with Crippen LogP contribution in [-0.4, -0.2) is 37.4 Å². The minimum Gasteiger partial charge on any atom is -0.394 e. The Bertz CT molecular complexity index is 406. The summed E-state index contributed by atoms with van der Waals surface area (Å²) in [6, 6.07) is 8.80. The molecule has 0 aliphatic rings. The molecule has 4 nitrogen and oxygen atoms in total. The van der Waals surface area contributed by atoms with Crippen LogP contribution in [0.1, 0.15) is 5.56 Å². The number of nitrogens with one attached hydrogen (secondary N) is 1. The zero-order valence-electron chi connectivity index (χ0n) is 9.64. The molecule has 0 heterocycles. The van der Waals surface area contributed by atoms with Crippen LogP contribution in [0.4, 0.5) is 0 Å². The molecule has 2 N–H and O–H groups in total. The average Bonchev–Trinajstić information content (AvgIpc) is 2.37. The molecule has 1 aromatic carbocycles. The molecule has 0 aliphatic carbocycles. The monoisotopic (exact) mass is 233 g/mol. The Hall–Kier alpha value is -1.83. The van der Waals surface area contributed by atoms with Crippen molar-refractivity contribution in [2.75, 3.05) is 20.3 Å². The molecule has 0 saturated carbocycles. The molecule has 1 aromatic rings. The summed E-state index contributed by atoms with van der Waals surface area (Å²) in [5, 5.41) is 11.5. The number of hydrogen-bond donors (Lipinski definition) is 2. The summed E-state index contributed by atoms with van der Waals surface area (Å²) in [5.74, 6) is 4.76. The summed E-state index contributed by atoms with van der Waals surface area (Å²) in [5.41, 5.74) is 0.773. The Balaban J connectivity index is 2.52. The van der Waals surface area contributed by atoms with E-state index in [-0.39, 0.29) is 13.2 Å². The van der Waals surface area contributed by atoms with E-state index in [0.717, 1.165) is 5.56 Å². The topological polar surface area (TPSA) is 58.6 Å². The Labute approximate surface area is 101 Å². The Morgan fingerprint density at radius 1 is 1.47 bits per heavy atom. The average molecular weight is 233 g/mol. The van der Waals surface area contributed by atoms with Gasteiger partial charge in [0.15, 0.2) is 0 Å². The van der Waals surface area contributed by atoms with Crippen LogP contribution in [0, 0.1) is 11.8 Å². The van der Waals surface area contributed by atoms with Crippen molar-refractivity contribution in [3.05, 3.63) is 35.9 Å². The fraction of sp³-hybridized carbons (Fsp3) is 0.308. The predicted octanol–water partition coefficient (Wildman–Crippen LogP) is 0.162. The largest absolute Gasteiger partial charge is 0.394 e. The number of aliphatic hydroxyl groups excluding tert-OH is 1. The van der Waals surface area contributed by atoms with Crippen LogP contribution in [0.5, 0.6) is 0 Å². The molecule has 0 aliphatic heterocycles. The molecule has 0 radical (unpaired) electrons. The van der Waals surface area contributed by atoms with Crippen LogP contribution in [0.15, 0.2) is 30.3 Å². The Morgan fingerprint density at radius 3 is 2.76 bits per heavy atom. The normalized spacial score (nSPS) is 11.2. The highest BCUT2D eigenvalue weighted by molar-refractivity contribution is 5.94. The van der Waals surface area contributed by atoms with Crippen LogP contribution in [-0.2, 0) is 9.53 Å². The van der Waals surface area contributed by atoms with E-state index in [9.17, 15) is 4.79 Å². The van der Waals surface area contributed by atoms with Gasteiger partial charge in [0.2, 0.25) is 0 Å². The number of amides is 1. The first-order chi connectivity index (χ1) is 8.26. The second-order valence-corrected chi connectivity index (χ2v) is 3.42. The Morgan fingerprint density at radius 2 is 2.18 bits per heavy atom. The minimum atomic E-state index is -0.426. The van der Waals surface area contributed by atoms with Gasteiger partial charge >= 0.3 is 0 Å². The summed E-state index contributed by atoms with van der Waals surface area (Å²) in [4.78, 5) is 11.4. The first-order valence-electron chi connectivity index (χ1n) is 5.23. The maximum absolute atomic E-state index is 11.4. The van der Waals surface area contributed by atoms with Gasteiger partial charge in [-0.3, -0.25) is 4.79 Å². The van der Waals surface area contributed by atoms with E-state index in [1.807, 2.05) is 30.3 Å². The number of hydrogen-bond acceptors (Lipinski definition) is 3. The van der Waals surface area contributed by atoms with Crippen molar-refractivity contribution in [1.29, 1.82) is 0 Å². The van der Waals surface area contributed by atoms with Crippen LogP contribution in [0.2, 0.25) is 0 Å². The lowest BCUT2D eigenvalue weighted by Crippen LogP contribution is -2.39. The Kier molecular flexibility index (Phi) is 5.80. The third kappa shape index (κ3) is 5.16. The molecule has 0 saturated heterocycles. The van der Waals surface area contributed by atoms with Crippen molar-refractivity contribution < 1.29 is 14.6 Å². The van der Waals surface area contributed by atoms with Gasteiger partial charge in [-0.25, -0.2) is 0 Å². The fourth-order valence-electron chi connectivity index (χ4n) is 1.21. The zero-order chi connectivity index (χ0) is 12.5. The van der Waals surface area contributed by atoms with E-state index in [4.69, 9.17) is 9.84 Å². The molecule has 0 spiro atoms. The molecule has 0 aromatic heterocycles. The van der Waals surface area contributed by atoms with E-state index in [1.54, 1.807) is 0 Å². The molecule has 17 heavy (non-hydrogen) atoms. The highest BCUT2D eigenvalue weighted by Gasteiger charge is 2.08. The number of benzene rings is 1. The number of carbonyl (C=O) groups is 1. The lowest BCUT2D eigenvalue weighted by Gasteiger charge is -2.12. The number of methoxy groups -OCH3 is 1. The molecule has 1 amide bonds. The van der Waals surface area contributed by atoms with E-state index in [0.29, 0.717) is 0 Å². The molecule has 1 unspecified atom stereocenters. The van der Waals surface area contributed by atoms with Crippen LogP contribution in [0.25, 0.3) is 0 Å². The summed E-state index contributed by atoms with van der Waals surface area (Å²) in [6.07, 6.45) is 0. The molecule has 1 atom stereocenters. The molecule has 0 fully saturated rings. The van der Waals surface area contributed by atoms with Crippen LogP contribution in [0.3, 0.4) is 0 Å². The maximum atomic E-state index is 11.4.